The highest BCUT2D eigenvalue weighted by Crippen LogP contribution is 2.27. The predicted molar refractivity (Wildman–Crippen MR) is 67.3 cm³/mol. The Balaban J connectivity index is 2.68. The number of pyridine rings is 1. The van der Waals surface area contributed by atoms with Crippen molar-refractivity contribution in [1.82, 2.24) is 4.98 Å². The molecule has 0 aliphatic rings. The Morgan fingerprint density at radius 2 is 1.88 bits per heavy atom. The number of hydrogen-bond donors (Lipinski definition) is 1. The third-order valence-corrected chi connectivity index (χ3v) is 3.10. The van der Waals surface area contributed by atoms with Crippen LogP contribution in [0.5, 0.6) is 0 Å². The lowest BCUT2D eigenvalue weighted by Gasteiger charge is -2.05. The van der Waals surface area contributed by atoms with E-state index in [4.69, 9.17) is 23.2 Å². The Morgan fingerprint density at radius 1 is 1.12 bits per heavy atom. The molecule has 82 valence electrons. The summed E-state index contributed by atoms with van der Waals surface area (Å²) in [6.07, 6.45) is 1.62. The van der Waals surface area contributed by atoms with Gasteiger partial charge in [-0.05, 0) is 24.6 Å². The SMILES string of the molecule is Cc1[nH]ccc(=O)c1-c1ccc(Cl)c(Cl)c1. The highest BCUT2D eigenvalue weighted by molar-refractivity contribution is 6.42. The molecule has 2 rings (SSSR count). The number of halogens is 2. The van der Waals surface area contributed by atoms with Crippen molar-refractivity contribution in [3.8, 4) is 11.1 Å². The molecule has 0 aliphatic heterocycles. The van der Waals surface area contributed by atoms with Gasteiger partial charge in [-0.15, -0.1) is 0 Å². The third kappa shape index (κ3) is 1.99. The second kappa shape index (κ2) is 4.32. The Kier molecular flexibility index (Phi) is 3.03. The molecule has 0 bridgehead atoms. The van der Waals surface area contributed by atoms with Gasteiger partial charge < -0.3 is 4.98 Å². The van der Waals surface area contributed by atoms with E-state index in [0.717, 1.165) is 11.3 Å². The normalized spacial score (nSPS) is 10.4. The molecule has 0 spiro atoms. The van der Waals surface area contributed by atoms with E-state index in [2.05, 4.69) is 4.98 Å². The summed E-state index contributed by atoms with van der Waals surface area (Å²) in [5.41, 5.74) is 2.18. The summed E-state index contributed by atoms with van der Waals surface area (Å²) in [4.78, 5) is 14.7. The molecule has 1 aromatic heterocycles. The van der Waals surface area contributed by atoms with Crippen LogP contribution < -0.4 is 5.43 Å². The first kappa shape index (κ1) is 11.2. The number of aryl methyl sites for hydroxylation is 1. The summed E-state index contributed by atoms with van der Waals surface area (Å²) in [5, 5.41) is 0.928. The summed E-state index contributed by atoms with van der Waals surface area (Å²) >= 11 is 11.8. The third-order valence-electron chi connectivity index (χ3n) is 2.36. The fraction of sp³-hybridized carbons (Fsp3) is 0.0833. The van der Waals surface area contributed by atoms with Crippen LogP contribution in [-0.2, 0) is 0 Å². The van der Waals surface area contributed by atoms with Crippen LogP contribution in [0.25, 0.3) is 11.1 Å². The van der Waals surface area contributed by atoms with Gasteiger partial charge in [-0.2, -0.15) is 0 Å². The molecule has 0 atom stereocenters. The van der Waals surface area contributed by atoms with E-state index in [9.17, 15) is 4.79 Å². The molecule has 1 aromatic carbocycles. The van der Waals surface area contributed by atoms with Crippen LogP contribution in [0.1, 0.15) is 5.69 Å². The zero-order valence-electron chi connectivity index (χ0n) is 8.55. The van der Waals surface area contributed by atoms with Gasteiger partial charge in [0.25, 0.3) is 0 Å². The summed E-state index contributed by atoms with van der Waals surface area (Å²) < 4.78 is 0. The molecule has 2 aromatic rings. The van der Waals surface area contributed by atoms with Crippen molar-refractivity contribution in [3.05, 3.63) is 56.4 Å². The summed E-state index contributed by atoms with van der Waals surface area (Å²) in [6, 6.07) is 6.66. The van der Waals surface area contributed by atoms with Gasteiger partial charge in [0.1, 0.15) is 0 Å². The minimum atomic E-state index is -0.0327. The lowest BCUT2D eigenvalue weighted by atomic mass is 10.0. The molecule has 0 saturated carbocycles. The van der Waals surface area contributed by atoms with E-state index in [0.29, 0.717) is 15.6 Å². The molecule has 0 saturated heterocycles. The van der Waals surface area contributed by atoms with Crippen molar-refractivity contribution in [2.24, 2.45) is 0 Å². The molecule has 4 heteroatoms. The molecular weight excluding hydrogens is 245 g/mol. The van der Waals surface area contributed by atoms with Crippen LogP contribution in [0, 0.1) is 6.92 Å². The molecule has 0 fully saturated rings. The van der Waals surface area contributed by atoms with Gasteiger partial charge in [-0.25, -0.2) is 0 Å². The fourth-order valence-corrected chi connectivity index (χ4v) is 1.89. The van der Waals surface area contributed by atoms with E-state index in [1.807, 2.05) is 6.92 Å². The summed E-state index contributed by atoms with van der Waals surface area (Å²) in [6.45, 7) is 1.85. The summed E-state index contributed by atoms with van der Waals surface area (Å²) in [5.74, 6) is 0. The molecule has 0 aliphatic carbocycles. The highest BCUT2D eigenvalue weighted by Gasteiger charge is 2.08. The lowest BCUT2D eigenvalue weighted by Crippen LogP contribution is -2.06. The van der Waals surface area contributed by atoms with Crippen LogP contribution >= 0.6 is 23.2 Å². The van der Waals surface area contributed by atoms with E-state index >= 15 is 0 Å². The molecule has 0 radical (unpaired) electrons. The number of H-pyrrole nitrogens is 1. The van der Waals surface area contributed by atoms with Crippen molar-refractivity contribution in [2.75, 3.05) is 0 Å². The van der Waals surface area contributed by atoms with Crippen molar-refractivity contribution in [1.29, 1.82) is 0 Å². The van der Waals surface area contributed by atoms with Gasteiger partial charge in [-0.1, -0.05) is 29.3 Å². The van der Waals surface area contributed by atoms with E-state index in [-0.39, 0.29) is 5.43 Å². The average molecular weight is 254 g/mol. The van der Waals surface area contributed by atoms with Gasteiger partial charge in [0.05, 0.1) is 10.0 Å². The molecule has 0 amide bonds. The molecule has 1 N–H and O–H groups in total. The smallest absolute Gasteiger partial charge is 0.189 e. The van der Waals surface area contributed by atoms with Crippen LogP contribution in [0.2, 0.25) is 10.0 Å². The van der Waals surface area contributed by atoms with E-state index < -0.39 is 0 Å². The number of nitrogens with one attached hydrogen (secondary N) is 1. The van der Waals surface area contributed by atoms with Crippen molar-refractivity contribution in [3.63, 3.8) is 0 Å². The number of aromatic amines is 1. The van der Waals surface area contributed by atoms with Crippen molar-refractivity contribution < 1.29 is 0 Å². The quantitative estimate of drug-likeness (QED) is 0.827. The van der Waals surface area contributed by atoms with Crippen molar-refractivity contribution in [2.45, 2.75) is 6.92 Å². The standard InChI is InChI=1S/C12H9Cl2NO/c1-7-12(11(16)4-5-15-7)8-2-3-9(13)10(14)6-8/h2-6H,1H3,(H,15,16). The van der Waals surface area contributed by atoms with Gasteiger partial charge >= 0.3 is 0 Å². The largest absolute Gasteiger partial charge is 0.364 e. The lowest BCUT2D eigenvalue weighted by molar-refractivity contribution is 1.19. The molecule has 0 unspecified atom stereocenters. The summed E-state index contributed by atoms with van der Waals surface area (Å²) in [7, 11) is 0. The Bertz CT molecular complexity index is 590. The maximum atomic E-state index is 11.7. The minimum absolute atomic E-state index is 0.0327. The Hall–Kier alpha value is -1.25. The van der Waals surface area contributed by atoms with Crippen molar-refractivity contribution >= 4 is 23.2 Å². The minimum Gasteiger partial charge on any atom is -0.364 e. The molecule has 1 heterocycles. The van der Waals surface area contributed by atoms with Crippen LogP contribution in [-0.4, -0.2) is 4.98 Å². The predicted octanol–water partition coefficient (Wildman–Crippen LogP) is 3.66. The maximum Gasteiger partial charge on any atom is 0.189 e. The second-order valence-corrected chi connectivity index (χ2v) is 4.29. The molecular formula is C12H9Cl2NO. The number of rotatable bonds is 1. The van der Waals surface area contributed by atoms with E-state index in [1.54, 1.807) is 24.4 Å². The number of hydrogen-bond acceptors (Lipinski definition) is 1. The average Bonchev–Trinajstić information content (AvgIpc) is 2.23. The first-order valence-corrected chi connectivity index (χ1v) is 5.49. The first-order valence-electron chi connectivity index (χ1n) is 4.73. The highest BCUT2D eigenvalue weighted by atomic mass is 35.5. The zero-order chi connectivity index (χ0) is 11.7. The first-order chi connectivity index (χ1) is 7.59. The van der Waals surface area contributed by atoms with Crippen LogP contribution in [0.15, 0.2) is 35.3 Å². The van der Waals surface area contributed by atoms with Crippen LogP contribution in [0.4, 0.5) is 0 Å². The Labute approximate surface area is 103 Å². The number of aromatic nitrogens is 1. The number of benzene rings is 1. The van der Waals surface area contributed by atoms with Gasteiger partial charge in [-0.3, -0.25) is 4.79 Å². The molecule has 2 nitrogen and oxygen atoms in total. The van der Waals surface area contributed by atoms with Gasteiger partial charge in [0.15, 0.2) is 5.43 Å². The van der Waals surface area contributed by atoms with Gasteiger partial charge in [0, 0.05) is 23.5 Å². The maximum absolute atomic E-state index is 11.7. The van der Waals surface area contributed by atoms with Crippen LogP contribution in [0.3, 0.4) is 0 Å². The molecule has 16 heavy (non-hydrogen) atoms. The Morgan fingerprint density at radius 3 is 2.50 bits per heavy atom. The monoisotopic (exact) mass is 253 g/mol. The second-order valence-electron chi connectivity index (χ2n) is 3.47. The van der Waals surface area contributed by atoms with E-state index in [1.165, 1.54) is 6.07 Å². The zero-order valence-corrected chi connectivity index (χ0v) is 10.1. The van der Waals surface area contributed by atoms with Gasteiger partial charge in [0.2, 0.25) is 0 Å². The fourth-order valence-electron chi connectivity index (χ4n) is 1.59. The topological polar surface area (TPSA) is 32.9 Å².